The Labute approximate surface area is 283 Å². The molecule has 0 bridgehead atoms. The molecule has 6 rings (SSSR count). The minimum absolute atomic E-state index is 0. The van der Waals surface area contributed by atoms with Crippen LogP contribution in [-0.4, -0.2) is 9.97 Å². The summed E-state index contributed by atoms with van der Waals surface area (Å²) in [5.41, 5.74) is 12.9. The predicted octanol–water partition coefficient (Wildman–Crippen LogP) is 10.7. The summed E-state index contributed by atoms with van der Waals surface area (Å²) in [4.78, 5) is 9.12. The van der Waals surface area contributed by atoms with Gasteiger partial charge in [-0.15, -0.1) is 65.2 Å². The minimum Gasteiger partial charge on any atom is -0.305 e. The Morgan fingerprint density at radius 2 is 1.27 bits per heavy atom. The quantitative estimate of drug-likeness (QED) is 0.151. The molecule has 0 aliphatic carbocycles. The van der Waals surface area contributed by atoms with Gasteiger partial charge in [-0.3, -0.25) is 0 Å². The predicted molar refractivity (Wildman–Crippen MR) is 184 cm³/mol. The zero-order valence-electron chi connectivity index (χ0n) is 26.7. The SMILES string of the molecule is CC(c1ccccc1)c1ccnc(-c2[c-]cc(-c3ccccc3)cc2)c1.Cc1c[c-]c(-c2cc(C)c(CC(C)C)cn2)cc1.[Ir]. The van der Waals surface area contributed by atoms with Gasteiger partial charge in [-0.2, -0.15) is 0 Å². The zero-order chi connectivity index (χ0) is 30.9. The Bertz CT molecular complexity index is 1760. The van der Waals surface area contributed by atoms with Gasteiger partial charge in [0, 0.05) is 38.4 Å². The van der Waals surface area contributed by atoms with Crippen molar-refractivity contribution in [1.29, 1.82) is 0 Å². The Balaban J connectivity index is 0.000000214. The first-order valence-corrected chi connectivity index (χ1v) is 15.4. The van der Waals surface area contributed by atoms with Crippen LogP contribution in [0, 0.1) is 31.9 Å². The Morgan fingerprint density at radius 3 is 1.87 bits per heavy atom. The van der Waals surface area contributed by atoms with Gasteiger partial charge < -0.3 is 9.97 Å². The summed E-state index contributed by atoms with van der Waals surface area (Å²) < 4.78 is 0. The number of rotatable bonds is 7. The molecular weight excluding hydrogens is 725 g/mol. The van der Waals surface area contributed by atoms with Crippen molar-refractivity contribution in [3.8, 4) is 33.6 Å². The van der Waals surface area contributed by atoms with E-state index in [9.17, 15) is 0 Å². The van der Waals surface area contributed by atoms with Crippen LogP contribution in [0.2, 0.25) is 0 Å². The van der Waals surface area contributed by atoms with E-state index in [1.165, 1.54) is 38.9 Å². The molecular formula is C42H40IrN2-2. The Hall–Kier alpha value is -4.17. The standard InChI is InChI=1S/C25H20N.C17H20N.Ir/c1-19(20-8-4-2-5-9-20)24-16-17-26-25(18-24)23-14-12-22(13-15-23)21-10-6-3-7-11-21;1-12(2)9-16-11-18-17(10-14(16)4)15-7-5-13(3)6-8-15;/h2-14,16-19H,1H3;5-7,10-12H,9H2,1-4H3;/q2*-1;. The molecule has 229 valence electrons. The molecule has 0 N–H and O–H groups in total. The molecule has 4 aromatic carbocycles. The van der Waals surface area contributed by atoms with Gasteiger partial charge in [0.1, 0.15) is 0 Å². The van der Waals surface area contributed by atoms with Gasteiger partial charge in [-0.05, 0) is 53.4 Å². The molecule has 2 aromatic heterocycles. The van der Waals surface area contributed by atoms with Crippen molar-refractivity contribution < 1.29 is 20.1 Å². The molecule has 0 aliphatic heterocycles. The van der Waals surface area contributed by atoms with Crippen molar-refractivity contribution in [2.24, 2.45) is 5.92 Å². The summed E-state index contributed by atoms with van der Waals surface area (Å²) in [5.74, 6) is 1.00. The Kier molecular flexibility index (Phi) is 12.2. The van der Waals surface area contributed by atoms with Gasteiger partial charge in [0.05, 0.1) is 0 Å². The molecule has 0 spiro atoms. The molecule has 3 heteroatoms. The second-order valence-electron chi connectivity index (χ2n) is 11.8. The van der Waals surface area contributed by atoms with E-state index in [-0.39, 0.29) is 20.1 Å². The first-order chi connectivity index (χ1) is 21.4. The molecule has 6 aromatic rings. The molecule has 0 amide bonds. The van der Waals surface area contributed by atoms with E-state index in [1.807, 2.05) is 30.6 Å². The molecule has 1 radical (unpaired) electrons. The number of pyridine rings is 2. The summed E-state index contributed by atoms with van der Waals surface area (Å²) in [5, 5.41) is 0. The van der Waals surface area contributed by atoms with E-state index in [4.69, 9.17) is 0 Å². The van der Waals surface area contributed by atoms with Gasteiger partial charge in [0.15, 0.2) is 0 Å². The number of benzene rings is 4. The third-order valence-corrected chi connectivity index (χ3v) is 7.87. The third-order valence-electron chi connectivity index (χ3n) is 7.87. The maximum atomic E-state index is 4.56. The van der Waals surface area contributed by atoms with Crippen LogP contribution in [-0.2, 0) is 26.5 Å². The van der Waals surface area contributed by atoms with E-state index < -0.39 is 0 Å². The van der Waals surface area contributed by atoms with Crippen LogP contribution in [0.1, 0.15) is 54.5 Å². The molecule has 0 aliphatic rings. The van der Waals surface area contributed by atoms with Gasteiger partial charge >= 0.3 is 0 Å². The van der Waals surface area contributed by atoms with Crippen LogP contribution in [0.25, 0.3) is 33.6 Å². The van der Waals surface area contributed by atoms with Gasteiger partial charge in [0.2, 0.25) is 0 Å². The van der Waals surface area contributed by atoms with Crippen molar-refractivity contribution >= 4 is 0 Å². The molecule has 0 saturated heterocycles. The first kappa shape index (κ1) is 33.7. The maximum absolute atomic E-state index is 4.56. The van der Waals surface area contributed by atoms with Crippen LogP contribution in [0.4, 0.5) is 0 Å². The average Bonchev–Trinajstić information content (AvgIpc) is 3.07. The topological polar surface area (TPSA) is 25.8 Å². The Morgan fingerprint density at radius 1 is 0.622 bits per heavy atom. The second kappa shape index (κ2) is 16.2. The maximum Gasteiger partial charge on any atom is 0.0195 e. The van der Waals surface area contributed by atoms with E-state index >= 15 is 0 Å². The van der Waals surface area contributed by atoms with Crippen molar-refractivity contribution in [1.82, 2.24) is 9.97 Å². The van der Waals surface area contributed by atoms with Crippen molar-refractivity contribution in [3.63, 3.8) is 0 Å². The van der Waals surface area contributed by atoms with Crippen molar-refractivity contribution in [2.75, 3.05) is 0 Å². The smallest absolute Gasteiger partial charge is 0.0195 e. The van der Waals surface area contributed by atoms with E-state index in [0.717, 1.165) is 28.9 Å². The fourth-order valence-corrected chi connectivity index (χ4v) is 5.24. The van der Waals surface area contributed by atoms with Gasteiger partial charge in [0.25, 0.3) is 0 Å². The fourth-order valence-electron chi connectivity index (χ4n) is 5.24. The summed E-state index contributed by atoms with van der Waals surface area (Å²) in [6.07, 6.45) is 5.00. The van der Waals surface area contributed by atoms with Crippen LogP contribution >= 0.6 is 0 Å². The number of aryl methyl sites for hydroxylation is 2. The molecule has 2 nitrogen and oxygen atoms in total. The van der Waals surface area contributed by atoms with Crippen molar-refractivity contribution in [3.05, 3.63) is 168 Å². The van der Waals surface area contributed by atoms with Gasteiger partial charge in [-0.1, -0.05) is 117 Å². The van der Waals surface area contributed by atoms with Crippen LogP contribution in [0.5, 0.6) is 0 Å². The van der Waals surface area contributed by atoms with E-state index in [0.29, 0.717) is 11.8 Å². The summed E-state index contributed by atoms with van der Waals surface area (Å²) >= 11 is 0. The normalized spacial score (nSPS) is 11.2. The van der Waals surface area contributed by atoms with Gasteiger partial charge in [-0.25, -0.2) is 0 Å². The summed E-state index contributed by atoms with van der Waals surface area (Å²) in [6.45, 7) is 10.9. The fraction of sp³-hybridized carbons (Fsp3) is 0.190. The molecule has 1 unspecified atom stereocenters. The van der Waals surface area contributed by atoms with E-state index in [1.54, 1.807) is 0 Å². The molecule has 0 fully saturated rings. The molecule has 45 heavy (non-hydrogen) atoms. The van der Waals surface area contributed by atoms with Crippen molar-refractivity contribution in [2.45, 2.75) is 47.0 Å². The van der Waals surface area contributed by atoms with Crippen LogP contribution in [0.15, 0.2) is 128 Å². The van der Waals surface area contributed by atoms with Crippen LogP contribution < -0.4 is 0 Å². The number of aromatic nitrogens is 2. The monoisotopic (exact) mass is 765 g/mol. The second-order valence-corrected chi connectivity index (χ2v) is 11.8. The molecule has 1 atom stereocenters. The third kappa shape index (κ3) is 9.17. The summed E-state index contributed by atoms with van der Waals surface area (Å²) in [6, 6.07) is 46.5. The van der Waals surface area contributed by atoms with E-state index in [2.05, 4.69) is 154 Å². The molecule has 2 heterocycles. The first-order valence-electron chi connectivity index (χ1n) is 15.4. The minimum atomic E-state index is 0. The number of hydrogen-bond acceptors (Lipinski definition) is 2. The number of hydrogen-bond donors (Lipinski definition) is 0. The zero-order valence-corrected chi connectivity index (χ0v) is 29.1. The number of nitrogens with zero attached hydrogens (tertiary/aromatic N) is 2. The average molecular weight is 765 g/mol. The molecule has 0 saturated carbocycles. The van der Waals surface area contributed by atoms with Crippen LogP contribution in [0.3, 0.4) is 0 Å². The largest absolute Gasteiger partial charge is 0.305 e. The summed E-state index contributed by atoms with van der Waals surface area (Å²) in [7, 11) is 0.